The van der Waals surface area contributed by atoms with Crippen molar-refractivity contribution >= 4 is 12.0 Å². The highest BCUT2D eigenvalue weighted by molar-refractivity contribution is 5.92. The van der Waals surface area contributed by atoms with Gasteiger partial charge in [-0.2, -0.15) is 10.1 Å². The lowest BCUT2D eigenvalue weighted by Gasteiger charge is -2.12. The van der Waals surface area contributed by atoms with Gasteiger partial charge in [0.2, 0.25) is 11.8 Å². The van der Waals surface area contributed by atoms with Crippen molar-refractivity contribution in [1.29, 1.82) is 0 Å². The summed E-state index contributed by atoms with van der Waals surface area (Å²) in [5.41, 5.74) is 2.00. The maximum Gasteiger partial charge on any atom is 0.246 e. The summed E-state index contributed by atoms with van der Waals surface area (Å²) in [6.45, 7) is 3.35. The van der Waals surface area contributed by atoms with Gasteiger partial charge < -0.3 is 9.42 Å². The molecule has 2 aliphatic rings. The quantitative estimate of drug-likeness (QED) is 0.803. The van der Waals surface area contributed by atoms with Gasteiger partial charge in [-0.05, 0) is 32.3 Å². The van der Waals surface area contributed by atoms with Crippen LogP contribution in [0.25, 0.3) is 6.08 Å². The SMILES string of the molecule is Cc1c(/C=C/C(=O)N2CCC(c3nc(C4CC4)no3)C2)cnn1C. The van der Waals surface area contributed by atoms with Crippen molar-refractivity contribution in [3.05, 3.63) is 35.2 Å². The molecule has 1 aliphatic carbocycles. The molecule has 2 aromatic rings. The number of hydrogen-bond donors (Lipinski definition) is 0. The molecule has 126 valence electrons. The van der Waals surface area contributed by atoms with E-state index in [2.05, 4.69) is 15.2 Å². The molecule has 1 unspecified atom stereocenters. The lowest BCUT2D eigenvalue weighted by Crippen LogP contribution is -2.26. The summed E-state index contributed by atoms with van der Waals surface area (Å²) in [4.78, 5) is 18.7. The van der Waals surface area contributed by atoms with Crippen molar-refractivity contribution in [3.8, 4) is 0 Å². The minimum Gasteiger partial charge on any atom is -0.339 e. The Morgan fingerprint density at radius 1 is 1.33 bits per heavy atom. The van der Waals surface area contributed by atoms with Gasteiger partial charge in [-0.15, -0.1) is 0 Å². The van der Waals surface area contributed by atoms with Gasteiger partial charge in [0.25, 0.3) is 0 Å². The molecule has 4 rings (SSSR count). The zero-order valence-electron chi connectivity index (χ0n) is 14.0. The van der Waals surface area contributed by atoms with Gasteiger partial charge in [0.1, 0.15) is 0 Å². The van der Waals surface area contributed by atoms with Crippen LogP contribution in [0.5, 0.6) is 0 Å². The highest BCUT2D eigenvalue weighted by atomic mass is 16.5. The van der Waals surface area contributed by atoms with Crippen LogP contribution >= 0.6 is 0 Å². The molecule has 0 bridgehead atoms. The number of aryl methyl sites for hydroxylation is 1. The molecular weight excluding hydrogens is 306 g/mol. The van der Waals surface area contributed by atoms with Crippen LogP contribution in [-0.4, -0.2) is 43.8 Å². The topological polar surface area (TPSA) is 77.1 Å². The molecule has 1 saturated heterocycles. The van der Waals surface area contributed by atoms with Gasteiger partial charge in [-0.25, -0.2) is 0 Å². The molecule has 2 aromatic heterocycles. The Hall–Kier alpha value is -2.44. The molecular formula is C17H21N5O2. The number of hydrogen-bond acceptors (Lipinski definition) is 5. The predicted molar refractivity (Wildman–Crippen MR) is 87.2 cm³/mol. The summed E-state index contributed by atoms with van der Waals surface area (Å²) in [5.74, 6) is 2.18. The second-order valence-electron chi connectivity index (χ2n) is 6.68. The van der Waals surface area contributed by atoms with Crippen molar-refractivity contribution < 1.29 is 9.32 Å². The third-order valence-electron chi connectivity index (χ3n) is 4.93. The third kappa shape index (κ3) is 2.86. The van der Waals surface area contributed by atoms with E-state index < -0.39 is 0 Å². The number of amides is 1. The van der Waals surface area contributed by atoms with E-state index in [1.807, 2.05) is 24.9 Å². The Morgan fingerprint density at radius 3 is 2.88 bits per heavy atom. The van der Waals surface area contributed by atoms with Gasteiger partial charge >= 0.3 is 0 Å². The van der Waals surface area contributed by atoms with Crippen LogP contribution in [0.3, 0.4) is 0 Å². The van der Waals surface area contributed by atoms with Crippen LogP contribution in [0.1, 0.15) is 54.1 Å². The fourth-order valence-corrected chi connectivity index (χ4v) is 3.03. The second-order valence-corrected chi connectivity index (χ2v) is 6.68. The Kier molecular flexibility index (Phi) is 3.70. The predicted octanol–water partition coefficient (Wildman–Crippen LogP) is 2.02. The zero-order valence-corrected chi connectivity index (χ0v) is 14.0. The van der Waals surface area contributed by atoms with Crippen LogP contribution in [0, 0.1) is 6.92 Å². The van der Waals surface area contributed by atoms with Gasteiger partial charge in [0, 0.05) is 43.4 Å². The largest absolute Gasteiger partial charge is 0.339 e. The van der Waals surface area contributed by atoms with Crippen LogP contribution in [-0.2, 0) is 11.8 Å². The van der Waals surface area contributed by atoms with Crippen LogP contribution in [0.2, 0.25) is 0 Å². The molecule has 2 fully saturated rings. The molecule has 0 aromatic carbocycles. The first kappa shape index (κ1) is 15.1. The summed E-state index contributed by atoms with van der Waals surface area (Å²) in [7, 11) is 1.89. The molecule has 7 heteroatoms. The van der Waals surface area contributed by atoms with Crippen LogP contribution in [0.15, 0.2) is 16.8 Å². The number of carbonyl (C=O) groups is 1. The molecule has 1 amide bonds. The third-order valence-corrected chi connectivity index (χ3v) is 4.93. The fraction of sp³-hybridized carbons (Fsp3) is 0.529. The van der Waals surface area contributed by atoms with E-state index in [1.165, 1.54) is 0 Å². The normalized spacial score (nSPS) is 21.1. The van der Waals surface area contributed by atoms with Gasteiger partial charge in [-0.1, -0.05) is 5.16 Å². The Morgan fingerprint density at radius 2 is 2.17 bits per heavy atom. The maximum absolute atomic E-state index is 12.4. The van der Waals surface area contributed by atoms with Crippen molar-refractivity contribution in [2.75, 3.05) is 13.1 Å². The first-order valence-corrected chi connectivity index (χ1v) is 8.41. The standard InChI is InChI=1S/C17H21N5O2/c1-11-13(9-18-21(11)2)5-6-15(23)22-8-7-14(10-22)17-19-16(20-24-17)12-3-4-12/h5-6,9,12,14H,3-4,7-8,10H2,1-2H3/b6-5+. The van der Waals surface area contributed by atoms with Crippen molar-refractivity contribution in [3.63, 3.8) is 0 Å². The van der Waals surface area contributed by atoms with E-state index in [-0.39, 0.29) is 11.8 Å². The number of nitrogens with zero attached hydrogens (tertiary/aromatic N) is 5. The highest BCUT2D eigenvalue weighted by Crippen LogP contribution is 2.39. The lowest BCUT2D eigenvalue weighted by atomic mass is 10.1. The summed E-state index contributed by atoms with van der Waals surface area (Å²) >= 11 is 0. The second kappa shape index (κ2) is 5.89. The average molecular weight is 327 g/mol. The van der Waals surface area contributed by atoms with Crippen molar-refractivity contribution in [2.24, 2.45) is 7.05 Å². The Labute approximate surface area is 140 Å². The smallest absolute Gasteiger partial charge is 0.246 e. The number of rotatable bonds is 4. The number of aromatic nitrogens is 4. The summed E-state index contributed by atoms with van der Waals surface area (Å²) in [5, 5.41) is 8.25. The minimum absolute atomic E-state index is 0.0164. The van der Waals surface area contributed by atoms with E-state index in [1.54, 1.807) is 17.0 Å². The van der Waals surface area contributed by atoms with Gasteiger partial charge in [0.15, 0.2) is 5.82 Å². The molecule has 1 atom stereocenters. The molecule has 1 saturated carbocycles. The number of likely N-dealkylation sites (tertiary alicyclic amines) is 1. The molecule has 24 heavy (non-hydrogen) atoms. The minimum atomic E-state index is 0.0164. The molecule has 1 aliphatic heterocycles. The highest BCUT2D eigenvalue weighted by Gasteiger charge is 2.33. The molecule has 0 spiro atoms. The average Bonchev–Trinajstić information content (AvgIpc) is 2.99. The monoisotopic (exact) mass is 327 g/mol. The van der Waals surface area contributed by atoms with Crippen LogP contribution < -0.4 is 0 Å². The van der Waals surface area contributed by atoms with Crippen LogP contribution in [0.4, 0.5) is 0 Å². The first-order chi connectivity index (χ1) is 11.6. The molecule has 0 radical (unpaired) electrons. The van der Waals surface area contributed by atoms with Crippen molar-refractivity contribution in [2.45, 2.75) is 38.0 Å². The van der Waals surface area contributed by atoms with E-state index in [0.717, 1.165) is 42.9 Å². The van der Waals surface area contributed by atoms with Crippen molar-refractivity contribution in [1.82, 2.24) is 24.8 Å². The fourth-order valence-electron chi connectivity index (χ4n) is 3.03. The van der Waals surface area contributed by atoms with Gasteiger partial charge in [-0.3, -0.25) is 9.48 Å². The van der Waals surface area contributed by atoms with E-state index >= 15 is 0 Å². The number of carbonyl (C=O) groups excluding carboxylic acids is 1. The Bertz CT molecular complexity index is 787. The zero-order chi connectivity index (χ0) is 16.7. The Balaban J connectivity index is 1.38. The summed E-state index contributed by atoms with van der Waals surface area (Å²) < 4.78 is 7.19. The van der Waals surface area contributed by atoms with E-state index in [4.69, 9.17) is 4.52 Å². The maximum atomic E-state index is 12.4. The summed E-state index contributed by atoms with van der Waals surface area (Å²) in [6.07, 6.45) is 8.41. The van der Waals surface area contributed by atoms with E-state index in [9.17, 15) is 4.79 Å². The molecule has 7 nitrogen and oxygen atoms in total. The molecule has 3 heterocycles. The summed E-state index contributed by atoms with van der Waals surface area (Å²) in [6, 6.07) is 0. The van der Waals surface area contributed by atoms with E-state index in [0.29, 0.717) is 18.4 Å². The molecule has 0 N–H and O–H groups in total. The first-order valence-electron chi connectivity index (χ1n) is 8.41. The van der Waals surface area contributed by atoms with Gasteiger partial charge in [0.05, 0.1) is 12.1 Å². The lowest BCUT2D eigenvalue weighted by molar-refractivity contribution is -0.125.